The molecule has 6 nitrogen and oxygen atoms in total. The third-order valence-electron chi connectivity index (χ3n) is 2.11. The number of anilines is 1. The molecule has 96 valence electrons. The first-order valence-electron chi connectivity index (χ1n) is 4.79. The summed E-state index contributed by atoms with van der Waals surface area (Å²) < 4.78 is 36.4. The molecule has 0 fully saturated rings. The Morgan fingerprint density at radius 1 is 1.39 bits per heavy atom. The lowest BCUT2D eigenvalue weighted by atomic mass is 10.3. The van der Waals surface area contributed by atoms with E-state index < -0.39 is 10.0 Å². The van der Waals surface area contributed by atoms with E-state index in [4.69, 9.17) is 4.74 Å². The first-order chi connectivity index (χ1) is 8.53. The van der Waals surface area contributed by atoms with Crippen LogP contribution in [0, 0.1) is 0 Å². The van der Waals surface area contributed by atoms with Crippen LogP contribution in [0.4, 0.5) is 5.82 Å². The minimum absolute atomic E-state index is 0.0955. The Bertz CT molecular complexity index is 640. The molecule has 18 heavy (non-hydrogen) atoms. The summed E-state index contributed by atoms with van der Waals surface area (Å²) in [4.78, 5) is 0.0955. The van der Waals surface area contributed by atoms with Crippen LogP contribution in [-0.4, -0.2) is 20.7 Å². The van der Waals surface area contributed by atoms with Crippen LogP contribution in [0.25, 0.3) is 0 Å². The zero-order valence-corrected chi connectivity index (χ0v) is 11.7. The second-order valence-electron chi connectivity index (χ2n) is 3.29. The summed E-state index contributed by atoms with van der Waals surface area (Å²) in [5.41, 5.74) is 0. The summed E-state index contributed by atoms with van der Waals surface area (Å²) >= 11 is 3.23. The SMILES string of the molecule is COc1ccc(S(=O)(=O)Nc2ccon2)cc1Br. The first kappa shape index (κ1) is 12.9. The van der Waals surface area contributed by atoms with Gasteiger partial charge in [-0.2, -0.15) is 0 Å². The number of sulfonamides is 1. The summed E-state index contributed by atoms with van der Waals surface area (Å²) in [7, 11) is -2.19. The lowest BCUT2D eigenvalue weighted by molar-refractivity contribution is 0.411. The molecular weight excluding hydrogens is 324 g/mol. The molecule has 1 aromatic heterocycles. The van der Waals surface area contributed by atoms with Crippen LogP contribution < -0.4 is 9.46 Å². The molecular formula is C10H9BrN2O4S. The van der Waals surface area contributed by atoms with E-state index in [-0.39, 0.29) is 10.7 Å². The molecule has 0 bridgehead atoms. The number of halogens is 1. The van der Waals surface area contributed by atoms with Gasteiger partial charge in [0.2, 0.25) is 0 Å². The molecule has 0 aliphatic heterocycles. The topological polar surface area (TPSA) is 81.4 Å². The number of nitrogens with one attached hydrogen (secondary N) is 1. The van der Waals surface area contributed by atoms with Crippen LogP contribution in [0.15, 0.2) is 44.4 Å². The van der Waals surface area contributed by atoms with Gasteiger partial charge in [-0.1, -0.05) is 5.16 Å². The van der Waals surface area contributed by atoms with Crippen LogP contribution in [0.3, 0.4) is 0 Å². The summed E-state index contributed by atoms with van der Waals surface area (Å²) in [5.74, 6) is 0.678. The fourth-order valence-electron chi connectivity index (χ4n) is 1.28. The van der Waals surface area contributed by atoms with Gasteiger partial charge in [-0.05, 0) is 34.1 Å². The molecule has 2 rings (SSSR count). The minimum atomic E-state index is -3.69. The number of benzene rings is 1. The van der Waals surface area contributed by atoms with Gasteiger partial charge < -0.3 is 9.26 Å². The van der Waals surface area contributed by atoms with Gasteiger partial charge in [0.15, 0.2) is 5.82 Å². The van der Waals surface area contributed by atoms with Gasteiger partial charge in [-0.15, -0.1) is 0 Å². The van der Waals surface area contributed by atoms with Gasteiger partial charge in [0, 0.05) is 6.07 Å². The van der Waals surface area contributed by atoms with E-state index in [2.05, 4.69) is 30.3 Å². The van der Waals surface area contributed by atoms with E-state index in [0.29, 0.717) is 10.2 Å². The summed E-state index contributed by atoms with van der Waals surface area (Å²) in [5, 5.41) is 3.48. The lowest BCUT2D eigenvalue weighted by Gasteiger charge is -2.07. The zero-order valence-electron chi connectivity index (χ0n) is 9.25. The van der Waals surface area contributed by atoms with Crippen molar-refractivity contribution < 1.29 is 17.7 Å². The first-order valence-corrected chi connectivity index (χ1v) is 7.07. The third-order valence-corrected chi connectivity index (χ3v) is 4.08. The van der Waals surface area contributed by atoms with Crippen molar-refractivity contribution in [2.75, 3.05) is 11.8 Å². The molecule has 0 radical (unpaired) electrons. The van der Waals surface area contributed by atoms with E-state index in [1.165, 1.54) is 31.6 Å². The van der Waals surface area contributed by atoms with Crippen molar-refractivity contribution in [2.45, 2.75) is 4.90 Å². The predicted octanol–water partition coefficient (Wildman–Crippen LogP) is 2.25. The molecule has 0 aliphatic rings. The van der Waals surface area contributed by atoms with Crippen LogP contribution in [0.2, 0.25) is 0 Å². The van der Waals surface area contributed by atoms with E-state index in [1.54, 1.807) is 6.07 Å². The van der Waals surface area contributed by atoms with Gasteiger partial charge in [-0.25, -0.2) is 8.42 Å². The highest BCUT2D eigenvalue weighted by atomic mass is 79.9. The highest BCUT2D eigenvalue weighted by Crippen LogP contribution is 2.28. The lowest BCUT2D eigenvalue weighted by Crippen LogP contribution is -2.13. The molecule has 0 spiro atoms. The molecule has 2 aromatic rings. The van der Waals surface area contributed by atoms with Gasteiger partial charge in [0.1, 0.15) is 12.0 Å². The molecule has 0 saturated heterocycles. The molecule has 0 amide bonds. The number of methoxy groups -OCH3 is 1. The number of hydrogen-bond acceptors (Lipinski definition) is 5. The fourth-order valence-corrected chi connectivity index (χ4v) is 2.99. The van der Waals surface area contributed by atoms with Crippen molar-refractivity contribution in [2.24, 2.45) is 0 Å². The fraction of sp³-hybridized carbons (Fsp3) is 0.100. The van der Waals surface area contributed by atoms with Crippen molar-refractivity contribution in [3.05, 3.63) is 35.0 Å². The van der Waals surface area contributed by atoms with Crippen molar-refractivity contribution in [1.82, 2.24) is 5.16 Å². The average molecular weight is 333 g/mol. The Morgan fingerprint density at radius 3 is 2.72 bits per heavy atom. The molecule has 0 aliphatic carbocycles. The van der Waals surface area contributed by atoms with Crippen LogP contribution >= 0.6 is 15.9 Å². The second kappa shape index (κ2) is 4.99. The van der Waals surface area contributed by atoms with E-state index in [1.807, 2.05) is 0 Å². The van der Waals surface area contributed by atoms with E-state index >= 15 is 0 Å². The Labute approximate surface area is 112 Å². The van der Waals surface area contributed by atoms with Gasteiger partial charge in [0.25, 0.3) is 10.0 Å². The van der Waals surface area contributed by atoms with Crippen LogP contribution in [-0.2, 0) is 10.0 Å². The van der Waals surface area contributed by atoms with Crippen LogP contribution in [0.5, 0.6) is 5.75 Å². The minimum Gasteiger partial charge on any atom is -0.496 e. The van der Waals surface area contributed by atoms with Gasteiger partial charge in [0.05, 0.1) is 16.5 Å². The Kier molecular flexibility index (Phi) is 3.58. The summed E-state index contributed by atoms with van der Waals surface area (Å²) in [6.45, 7) is 0. The summed E-state index contributed by atoms with van der Waals surface area (Å²) in [6.07, 6.45) is 1.28. The largest absolute Gasteiger partial charge is 0.496 e. The molecule has 1 aromatic carbocycles. The molecule has 0 atom stereocenters. The number of aromatic nitrogens is 1. The Balaban J connectivity index is 2.33. The molecule has 1 heterocycles. The van der Waals surface area contributed by atoms with Gasteiger partial charge >= 0.3 is 0 Å². The maximum absolute atomic E-state index is 12.0. The van der Waals surface area contributed by atoms with E-state index in [9.17, 15) is 8.42 Å². The number of rotatable bonds is 4. The zero-order chi connectivity index (χ0) is 13.2. The molecule has 8 heteroatoms. The van der Waals surface area contributed by atoms with E-state index in [0.717, 1.165) is 0 Å². The van der Waals surface area contributed by atoms with Gasteiger partial charge in [-0.3, -0.25) is 4.72 Å². The highest BCUT2D eigenvalue weighted by Gasteiger charge is 2.17. The number of nitrogens with zero attached hydrogens (tertiary/aromatic N) is 1. The number of ether oxygens (including phenoxy) is 1. The quantitative estimate of drug-likeness (QED) is 0.928. The van der Waals surface area contributed by atoms with Crippen molar-refractivity contribution in [3.63, 3.8) is 0 Å². The monoisotopic (exact) mass is 332 g/mol. The number of hydrogen-bond donors (Lipinski definition) is 1. The molecule has 0 saturated carbocycles. The third kappa shape index (κ3) is 2.65. The average Bonchev–Trinajstić information content (AvgIpc) is 2.81. The van der Waals surface area contributed by atoms with Crippen molar-refractivity contribution >= 4 is 31.8 Å². The highest BCUT2D eigenvalue weighted by molar-refractivity contribution is 9.10. The standard InChI is InChI=1S/C10H9BrN2O4S/c1-16-9-3-2-7(6-8(9)11)18(14,15)13-10-4-5-17-12-10/h2-6H,1H3,(H,12,13). The second-order valence-corrected chi connectivity index (χ2v) is 5.82. The smallest absolute Gasteiger partial charge is 0.263 e. The maximum Gasteiger partial charge on any atom is 0.263 e. The Morgan fingerprint density at radius 2 is 2.17 bits per heavy atom. The summed E-state index contributed by atoms with van der Waals surface area (Å²) in [6, 6.07) is 5.85. The van der Waals surface area contributed by atoms with Crippen LogP contribution in [0.1, 0.15) is 0 Å². The van der Waals surface area contributed by atoms with Crippen molar-refractivity contribution in [1.29, 1.82) is 0 Å². The molecule has 0 unspecified atom stereocenters. The Hall–Kier alpha value is -1.54. The predicted molar refractivity (Wildman–Crippen MR) is 68.0 cm³/mol. The van der Waals surface area contributed by atoms with Crippen molar-refractivity contribution in [3.8, 4) is 5.75 Å². The normalized spacial score (nSPS) is 11.2. The maximum atomic E-state index is 12.0. The molecule has 1 N–H and O–H groups in total.